The molecule has 5 nitrogen and oxygen atoms in total. The highest BCUT2D eigenvalue weighted by Gasteiger charge is 2.34. The molecule has 3 aromatic carbocycles. The molecule has 3 aromatic rings. The summed E-state index contributed by atoms with van der Waals surface area (Å²) in [6, 6.07) is 25.4. The molecule has 0 bridgehead atoms. The smallest absolute Gasteiger partial charge is 0.248 e. The minimum atomic E-state index is -0.186. The van der Waals surface area contributed by atoms with E-state index in [0.717, 1.165) is 22.5 Å². The maximum Gasteiger partial charge on any atom is 0.248 e. The summed E-state index contributed by atoms with van der Waals surface area (Å²) in [6.45, 7) is 0. The normalized spacial score (nSPS) is 15.9. The molecule has 1 heterocycles. The van der Waals surface area contributed by atoms with E-state index in [1.165, 1.54) is 6.08 Å². The van der Waals surface area contributed by atoms with Crippen LogP contribution >= 0.6 is 11.8 Å². The van der Waals surface area contributed by atoms with Gasteiger partial charge in [0.05, 0.1) is 5.75 Å². The SMILES string of the molecule is CN(C)c1ccc(N2C(=O)CSC2c2ccc(NC(=O)C=Cc3ccccc3)cc2)cc1. The summed E-state index contributed by atoms with van der Waals surface area (Å²) < 4.78 is 0. The molecule has 162 valence electrons. The first-order valence-electron chi connectivity index (χ1n) is 10.4. The number of hydrogen-bond donors (Lipinski definition) is 1. The first-order chi connectivity index (χ1) is 15.5. The van der Waals surface area contributed by atoms with Gasteiger partial charge in [-0.3, -0.25) is 14.5 Å². The molecule has 0 radical (unpaired) electrons. The predicted molar refractivity (Wildman–Crippen MR) is 134 cm³/mol. The van der Waals surface area contributed by atoms with Crippen molar-refractivity contribution in [3.05, 3.63) is 96.1 Å². The molecular weight excluding hydrogens is 418 g/mol. The lowest BCUT2D eigenvalue weighted by molar-refractivity contribution is -0.116. The van der Waals surface area contributed by atoms with Crippen LogP contribution in [0.25, 0.3) is 6.08 Å². The molecular formula is C26H25N3O2S. The summed E-state index contributed by atoms with van der Waals surface area (Å²) in [5.41, 5.74) is 4.69. The third-order valence-electron chi connectivity index (χ3n) is 5.20. The van der Waals surface area contributed by atoms with Gasteiger partial charge < -0.3 is 10.2 Å². The van der Waals surface area contributed by atoms with Crippen molar-refractivity contribution in [1.82, 2.24) is 0 Å². The number of hydrogen-bond acceptors (Lipinski definition) is 4. The average molecular weight is 444 g/mol. The van der Waals surface area contributed by atoms with Crippen molar-refractivity contribution >= 4 is 46.7 Å². The van der Waals surface area contributed by atoms with E-state index in [0.29, 0.717) is 11.4 Å². The van der Waals surface area contributed by atoms with Gasteiger partial charge in [0.15, 0.2) is 0 Å². The van der Waals surface area contributed by atoms with Crippen molar-refractivity contribution in [1.29, 1.82) is 0 Å². The van der Waals surface area contributed by atoms with E-state index >= 15 is 0 Å². The number of carbonyl (C=O) groups excluding carboxylic acids is 2. The van der Waals surface area contributed by atoms with Crippen molar-refractivity contribution in [2.24, 2.45) is 0 Å². The van der Waals surface area contributed by atoms with E-state index in [9.17, 15) is 9.59 Å². The van der Waals surface area contributed by atoms with Crippen molar-refractivity contribution in [2.75, 3.05) is 35.0 Å². The largest absolute Gasteiger partial charge is 0.378 e. The second-order valence-electron chi connectivity index (χ2n) is 7.69. The van der Waals surface area contributed by atoms with Crippen LogP contribution in [0.5, 0.6) is 0 Å². The molecule has 1 N–H and O–H groups in total. The molecule has 0 spiro atoms. The first-order valence-corrected chi connectivity index (χ1v) is 11.4. The van der Waals surface area contributed by atoms with Gasteiger partial charge in [0.25, 0.3) is 0 Å². The van der Waals surface area contributed by atoms with Crippen molar-refractivity contribution in [3.63, 3.8) is 0 Å². The van der Waals surface area contributed by atoms with Crippen molar-refractivity contribution < 1.29 is 9.59 Å². The quantitative estimate of drug-likeness (QED) is 0.533. The van der Waals surface area contributed by atoms with Crippen LogP contribution in [0.4, 0.5) is 17.1 Å². The molecule has 0 aliphatic carbocycles. The highest BCUT2D eigenvalue weighted by molar-refractivity contribution is 8.00. The van der Waals surface area contributed by atoms with Crippen LogP contribution < -0.4 is 15.1 Å². The van der Waals surface area contributed by atoms with E-state index in [2.05, 4.69) is 5.32 Å². The molecule has 0 saturated carbocycles. The van der Waals surface area contributed by atoms with Gasteiger partial charge >= 0.3 is 0 Å². The lowest BCUT2D eigenvalue weighted by Gasteiger charge is -2.25. The topological polar surface area (TPSA) is 52.6 Å². The molecule has 6 heteroatoms. The lowest BCUT2D eigenvalue weighted by Crippen LogP contribution is -2.27. The molecule has 1 aliphatic heterocycles. The van der Waals surface area contributed by atoms with E-state index in [4.69, 9.17) is 0 Å². The first kappa shape index (κ1) is 21.7. The number of anilines is 3. The van der Waals surface area contributed by atoms with Gasteiger partial charge in [-0.25, -0.2) is 0 Å². The van der Waals surface area contributed by atoms with Gasteiger partial charge in [0, 0.05) is 37.2 Å². The number of benzene rings is 3. The molecule has 1 aliphatic rings. The molecule has 32 heavy (non-hydrogen) atoms. The highest BCUT2D eigenvalue weighted by atomic mass is 32.2. The van der Waals surface area contributed by atoms with Crippen LogP contribution in [0.15, 0.2) is 84.9 Å². The maximum atomic E-state index is 12.6. The van der Waals surface area contributed by atoms with Crippen LogP contribution in [0, 0.1) is 0 Å². The summed E-state index contributed by atoms with van der Waals surface area (Å²) in [5, 5.41) is 2.79. The Morgan fingerprint density at radius 1 is 1.00 bits per heavy atom. The Morgan fingerprint density at radius 2 is 1.69 bits per heavy atom. The van der Waals surface area contributed by atoms with Crippen LogP contribution in [-0.2, 0) is 9.59 Å². The monoisotopic (exact) mass is 443 g/mol. The van der Waals surface area contributed by atoms with E-state index < -0.39 is 0 Å². The van der Waals surface area contributed by atoms with Crippen LogP contribution in [-0.4, -0.2) is 31.7 Å². The Morgan fingerprint density at radius 3 is 2.34 bits per heavy atom. The van der Waals surface area contributed by atoms with E-state index in [1.54, 1.807) is 17.8 Å². The molecule has 1 unspecified atom stereocenters. The van der Waals surface area contributed by atoms with Crippen LogP contribution in [0.3, 0.4) is 0 Å². The summed E-state index contributed by atoms with van der Waals surface area (Å²) in [4.78, 5) is 28.7. The fourth-order valence-electron chi connectivity index (χ4n) is 3.51. The predicted octanol–water partition coefficient (Wildman–Crippen LogP) is 5.18. The number of thioether (sulfide) groups is 1. The summed E-state index contributed by atoms with van der Waals surface area (Å²) in [6.07, 6.45) is 3.30. The second-order valence-corrected chi connectivity index (χ2v) is 8.76. The molecule has 0 aromatic heterocycles. The maximum absolute atomic E-state index is 12.6. The third kappa shape index (κ3) is 5.03. The Hall–Kier alpha value is -3.51. The molecule has 2 amide bonds. The van der Waals surface area contributed by atoms with Gasteiger partial charge in [-0.1, -0.05) is 42.5 Å². The second kappa shape index (κ2) is 9.75. The number of nitrogens with one attached hydrogen (secondary N) is 1. The molecule has 4 rings (SSSR count). The van der Waals surface area contributed by atoms with E-state index in [1.807, 2.05) is 103 Å². The fourth-order valence-corrected chi connectivity index (χ4v) is 4.69. The fraction of sp³-hybridized carbons (Fsp3) is 0.154. The van der Waals surface area contributed by atoms with Gasteiger partial charge in [0.1, 0.15) is 5.37 Å². The number of nitrogens with zero attached hydrogens (tertiary/aromatic N) is 2. The van der Waals surface area contributed by atoms with Gasteiger partial charge in [-0.2, -0.15) is 0 Å². The van der Waals surface area contributed by atoms with E-state index in [-0.39, 0.29) is 17.2 Å². The van der Waals surface area contributed by atoms with Crippen LogP contribution in [0.2, 0.25) is 0 Å². The molecule has 1 atom stereocenters. The Labute approximate surface area is 192 Å². The van der Waals surface area contributed by atoms with Crippen molar-refractivity contribution in [3.8, 4) is 0 Å². The summed E-state index contributed by atoms with van der Waals surface area (Å²) in [5.74, 6) is 0.360. The zero-order valence-corrected chi connectivity index (χ0v) is 18.9. The van der Waals surface area contributed by atoms with Crippen molar-refractivity contribution in [2.45, 2.75) is 5.37 Å². The minimum Gasteiger partial charge on any atom is -0.378 e. The molecule has 1 fully saturated rings. The van der Waals surface area contributed by atoms with Gasteiger partial charge in [-0.05, 0) is 53.6 Å². The minimum absolute atomic E-state index is 0.0876. The lowest BCUT2D eigenvalue weighted by atomic mass is 10.1. The Kier molecular flexibility index (Phi) is 6.61. The number of amides is 2. The zero-order valence-electron chi connectivity index (χ0n) is 18.1. The standard InChI is InChI=1S/C26H25N3O2S/c1-28(2)22-13-15-23(16-14-22)29-25(31)18-32-26(29)20-9-11-21(12-10-20)27-24(30)17-8-19-6-4-3-5-7-19/h3-17,26H,18H2,1-2H3,(H,27,30). The number of carbonyl (C=O) groups is 2. The highest BCUT2D eigenvalue weighted by Crippen LogP contribution is 2.42. The van der Waals surface area contributed by atoms with Gasteiger partial charge in [-0.15, -0.1) is 11.8 Å². The Bertz CT molecular complexity index is 1110. The summed E-state index contributed by atoms with van der Waals surface area (Å²) in [7, 11) is 3.99. The van der Waals surface area contributed by atoms with Gasteiger partial charge in [0.2, 0.25) is 11.8 Å². The average Bonchev–Trinajstić information content (AvgIpc) is 3.20. The number of rotatable bonds is 6. The summed E-state index contributed by atoms with van der Waals surface area (Å²) >= 11 is 1.61. The van der Waals surface area contributed by atoms with Crippen LogP contribution in [0.1, 0.15) is 16.5 Å². The Balaban J connectivity index is 1.45. The molecule has 1 saturated heterocycles. The zero-order chi connectivity index (χ0) is 22.5. The third-order valence-corrected chi connectivity index (χ3v) is 6.41.